The van der Waals surface area contributed by atoms with Crippen LogP contribution in [0, 0.1) is 5.92 Å². The summed E-state index contributed by atoms with van der Waals surface area (Å²) in [5.74, 6) is 0.631. The molecule has 1 aliphatic heterocycles. The second-order valence-electron chi connectivity index (χ2n) is 8.56. The Kier molecular flexibility index (Phi) is 7.92. The van der Waals surface area contributed by atoms with Crippen molar-refractivity contribution in [3.05, 3.63) is 42.1 Å². The van der Waals surface area contributed by atoms with Crippen LogP contribution in [0.1, 0.15) is 37.6 Å². The zero-order chi connectivity index (χ0) is 24.1. The van der Waals surface area contributed by atoms with Gasteiger partial charge in [0.05, 0.1) is 26.3 Å². The second kappa shape index (κ2) is 10.7. The van der Waals surface area contributed by atoms with Gasteiger partial charge in [0.25, 0.3) is 5.91 Å². The van der Waals surface area contributed by atoms with E-state index in [0.717, 1.165) is 11.1 Å². The molecule has 3 atom stereocenters. The number of amides is 2. The summed E-state index contributed by atoms with van der Waals surface area (Å²) >= 11 is 0. The number of likely N-dealkylation sites (N-methyl/N-ethyl adjacent to an activating group) is 1. The van der Waals surface area contributed by atoms with E-state index < -0.39 is 0 Å². The van der Waals surface area contributed by atoms with E-state index in [9.17, 15) is 14.7 Å². The van der Waals surface area contributed by atoms with Crippen molar-refractivity contribution in [1.29, 1.82) is 0 Å². The summed E-state index contributed by atoms with van der Waals surface area (Å²) in [6, 6.07) is 8.92. The van der Waals surface area contributed by atoms with Crippen LogP contribution in [0.25, 0.3) is 11.1 Å². The standard InChI is InChI=1S/C25H33N3O5/c1-6-23(30)27(4)14-22-16(2)13-28(17(3)15-29)25(31)21-11-19(12-26-24(21)33-22)18-8-7-9-20(10-18)32-5/h7-12,16-17,22,29H,6,13-15H2,1-5H3/t16-,17+,22-/m0/s1. The predicted octanol–water partition coefficient (Wildman–Crippen LogP) is 2.85. The topological polar surface area (TPSA) is 92.2 Å². The number of aliphatic hydroxyl groups is 1. The van der Waals surface area contributed by atoms with Crippen LogP contribution in [0.3, 0.4) is 0 Å². The first-order valence-electron chi connectivity index (χ1n) is 11.3. The zero-order valence-electron chi connectivity index (χ0n) is 19.9. The number of aromatic nitrogens is 1. The molecule has 0 spiro atoms. The minimum absolute atomic E-state index is 0.0195. The molecule has 2 amide bonds. The van der Waals surface area contributed by atoms with Gasteiger partial charge in [0, 0.05) is 37.7 Å². The lowest BCUT2D eigenvalue weighted by atomic mass is 9.99. The highest BCUT2D eigenvalue weighted by molar-refractivity contribution is 5.98. The molecule has 8 nitrogen and oxygen atoms in total. The maximum absolute atomic E-state index is 13.5. The molecule has 3 rings (SSSR count). The molecule has 1 N–H and O–H groups in total. The Morgan fingerprint density at radius 3 is 2.79 bits per heavy atom. The SMILES string of the molecule is CCC(=O)N(C)C[C@@H]1Oc2ncc(-c3cccc(OC)c3)cc2C(=O)N([C@H](C)CO)C[C@@H]1C. The van der Waals surface area contributed by atoms with Gasteiger partial charge in [-0.05, 0) is 30.7 Å². The lowest BCUT2D eigenvalue weighted by Crippen LogP contribution is -2.50. The van der Waals surface area contributed by atoms with E-state index in [-0.39, 0.29) is 42.4 Å². The maximum atomic E-state index is 13.5. The molecule has 0 unspecified atom stereocenters. The summed E-state index contributed by atoms with van der Waals surface area (Å²) in [7, 11) is 3.35. The third kappa shape index (κ3) is 5.45. The van der Waals surface area contributed by atoms with Crippen LogP contribution in [0.2, 0.25) is 0 Å². The van der Waals surface area contributed by atoms with Crippen LogP contribution in [-0.4, -0.2) is 77.7 Å². The van der Waals surface area contributed by atoms with Crippen LogP contribution in [0.15, 0.2) is 36.5 Å². The van der Waals surface area contributed by atoms with Crippen molar-refractivity contribution in [1.82, 2.24) is 14.8 Å². The fraction of sp³-hybridized carbons (Fsp3) is 0.480. The van der Waals surface area contributed by atoms with Gasteiger partial charge in [-0.3, -0.25) is 9.59 Å². The Bertz CT molecular complexity index is 996. The first kappa shape index (κ1) is 24.5. The van der Waals surface area contributed by atoms with E-state index in [0.29, 0.717) is 30.8 Å². The van der Waals surface area contributed by atoms with Crippen LogP contribution in [0.4, 0.5) is 0 Å². The highest BCUT2D eigenvalue weighted by atomic mass is 16.5. The number of ether oxygens (including phenoxy) is 2. The van der Waals surface area contributed by atoms with Crippen molar-refractivity contribution in [2.24, 2.45) is 5.92 Å². The number of carbonyl (C=O) groups excluding carboxylic acids is 2. The molecule has 1 aromatic carbocycles. The summed E-state index contributed by atoms with van der Waals surface area (Å²) < 4.78 is 11.6. The first-order chi connectivity index (χ1) is 15.8. The van der Waals surface area contributed by atoms with Gasteiger partial charge in [-0.25, -0.2) is 4.98 Å². The summed E-state index contributed by atoms with van der Waals surface area (Å²) in [6.45, 7) is 6.23. The summed E-state index contributed by atoms with van der Waals surface area (Å²) in [6.07, 6.45) is 1.72. The maximum Gasteiger partial charge on any atom is 0.259 e. The number of benzene rings is 1. The van der Waals surface area contributed by atoms with E-state index in [1.54, 1.807) is 36.2 Å². The highest BCUT2D eigenvalue weighted by Crippen LogP contribution is 2.31. The van der Waals surface area contributed by atoms with Crippen molar-refractivity contribution >= 4 is 11.8 Å². The van der Waals surface area contributed by atoms with Gasteiger partial charge in [0.15, 0.2) is 0 Å². The van der Waals surface area contributed by atoms with E-state index in [2.05, 4.69) is 4.98 Å². The molecule has 0 saturated carbocycles. The Labute approximate surface area is 195 Å². The molecule has 0 aliphatic carbocycles. The van der Waals surface area contributed by atoms with Gasteiger partial charge in [0.1, 0.15) is 17.4 Å². The average molecular weight is 456 g/mol. The van der Waals surface area contributed by atoms with Crippen LogP contribution in [-0.2, 0) is 4.79 Å². The molecule has 0 radical (unpaired) electrons. The molecular formula is C25H33N3O5. The predicted molar refractivity (Wildman–Crippen MR) is 125 cm³/mol. The highest BCUT2D eigenvalue weighted by Gasteiger charge is 2.34. The Morgan fingerprint density at radius 1 is 1.36 bits per heavy atom. The molecule has 8 heteroatoms. The number of hydrogen-bond donors (Lipinski definition) is 1. The third-order valence-corrected chi connectivity index (χ3v) is 6.11. The smallest absolute Gasteiger partial charge is 0.259 e. The van der Waals surface area contributed by atoms with Gasteiger partial charge in [-0.1, -0.05) is 26.0 Å². The van der Waals surface area contributed by atoms with E-state index >= 15 is 0 Å². The Balaban J connectivity index is 2.04. The number of hydrogen-bond acceptors (Lipinski definition) is 6. The van der Waals surface area contributed by atoms with Crippen LogP contribution in [0.5, 0.6) is 11.6 Å². The van der Waals surface area contributed by atoms with Crippen LogP contribution >= 0.6 is 0 Å². The monoisotopic (exact) mass is 455 g/mol. The number of carbonyl (C=O) groups is 2. The molecule has 1 aliphatic rings. The van der Waals surface area contributed by atoms with Gasteiger partial charge < -0.3 is 24.4 Å². The molecule has 2 aromatic rings. The first-order valence-corrected chi connectivity index (χ1v) is 11.3. The number of fused-ring (bicyclic) bond motifs is 1. The summed E-state index contributed by atoms with van der Waals surface area (Å²) in [5.41, 5.74) is 1.95. The van der Waals surface area contributed by atoms with E-state index in [1.165, 1.54) is 0 Å². The normalized spacial score (nSPS) is 19.1. The van der Waals surface area contributed by atoms with Crippen molar-refractivity contribution in [2.45, 2.75) is 39.3 Å². The molecular weight excluding hydrogens is 422 g/mol. The lowest BCUT2D eigenvalue weighted by molar-refractivity contribution is -0.131. The van der Waals surface area contributed by atoms with E-state index in [1.807, 2.05) is 45.0 Å². The lowest BCUT2D eigenvalue weighted by Gasteiger charge is -2.37. The number of methoxy groups -OCH3 is 1. The summed E-state index contributed by atoms with van der Waals surface area (Å²) in [4.78, 5) is 33.5. The third-order valence-electron chi connectivity index (χ3n) is 6.11. The second-order valence-corrected chi connectivity index (χ2v) is 8.56. The minimum atomic E-state index is -0.373. The van der Waals surface area contributed by atoms with Gasteiger partial charge in [-0.2, -0.15) is 0 Å². The van der Waals surface area contributed by atoms with E-state index in [4.69, 9.17) is 9.47 Å². The fourth-order valence-electron chi connectivity index (χ4n) is 3.92. The van der Waals surface area contributed by atoms with Gasteiger partial charge in [0.2, 0.25) is 11.8 Å². The fourth-order valence-corrected chi connectivity index (χ4v) is 3.92. The molecule has 2 heterocycles. The number of aliphatic hydroxyl groups excluding tert-OH is 1. The summed E-state index contributed by atoms with van der Waals surface area (Å²) in [5, 5.41) is 9.80. The minimum Gasteiger partial charge on any atom is -0.497 e. The van der Waals surface area contributed by atoms with Gasteiger partial charge >= 0.3 is 0 Å². The molecule has 0 saturated heterocycles. The zero-order valence-corrected chi connectivity index (χ0v) is 19.9. The Morgan fingerprint density at radius 2 is 2.12 bits per heavy atom. The number of pyridine rings is 1. The van der Waals surface area contributed by atoms with Crippen molar-refractivity contribution in [3.8, 4) is 22.8 Å². The Hall–Kier alpha value is -3.13. The van der Waals surface area contributed by atoms with Crippen molar-refractivity contribution in [2.75, 3.05) is 33.9 Å². The largest absolute Gasteiger partial charge is 0.497 e. The number of nitrogens with zero attached hydrogens (tertiary/aromatic N) is 3. The molecule has 0 bridgehead atoms. The average Bonchev–Trinajstić information content (AvgIpc) is 2.84. The molecule has 33 heavy (non-hydrogen) atoms. The number of rotatable bonds is 7. The van der Waals surface area contributed by atoms with Crippen molar-refractivity contribution in [3.63, 3.8) is 0 Å². The molecule has 0 fully saturated rings. The van der Waals surface area contributed by atoms with Gasteiger partial charge in [-0.15, -0.1) is 0 Å². The molecule has 1 aromatic heterocycles. The molecule has 178 valence electrons. The quantitative estimate of drug-likeness (QED) is 0.690. The van der Waals surface area contributed by atoms with Crippen LogP contribution < -0.4 is 9.47 Å². The van der Waals surface area contributed by atoms with Crippen molar-refractivity contribution < 1.29 is 24.2 Å².